The number of carbonyl (C=O) groups is 1. The van der Waals surface area contributed by atoms with Crippen molar-refractivity contribution in [2.75, 3.05) is 0 Å². The highest BCUT2D eigenvalue weighted by molar-refractivity contribution is 5.89. The number of carboxylic acids is 1. The highest BCUT2D eigenvalue weighted by Gasteiger charge is 2.46. The Morgan fingerprint density at radius 1 is 1.34 bits per heavy atom. The average Bonchev–Trinajstić information content (AvgIpc) is 3.17. The monoisotopic (exact) mass is 433 g/mol. The second-order valence-electron chi connectivity index (χ2n) is 8.44. The molecule has 2 unspecified atom stereocenters. The molecule has 3 aromatic rings. The van der Waals surface area contributed by atoms with Crippen molar-refractivity contribution in [1.82, 2.24) is 24.8 Å². The molecule has 32 heavy (non-hydrogen) atoms. The third-order valence-electron chi connectivity index (χ3n) is 5.49. The summed E-state index contributed by atoms with van der Waals surface area (Å²) >= 11 is 0. The van der Waals surface area contributed by atoms with Crippen LogP contribution in [0.25, 0.3) is 11.3 Å². The van der Waals surface area contributed by atoms with Gasteiger partial charge in [-0.15, -0.1) is 5.10 Å². The number of aromatic carboxylic acids is 1. The van der Waals surface area contributed by atoms with E-state index in [4.69, 9.17) is 4.74 Å². The second-order valence-corrected chi connectivity index (χ2v) is 8.44. The molecule has 0 bridgehead atoms. The summed E-state index contributed by atoms with van der Waals surface area (Å²) in [7, 11) is 1.82. The van der Waals surface area contributed by atoms with Crippen molar-refractivity contribution >= 4 is 11.5 Å². The Hall–Kier alpha value is -3.68. The van der Waals surface area contributed by atoms with E-state index in [1.807, 2.05) is 64.4 Å². The highest BCUT2D eigenvalue weighted by atomic mass is 16.5. The van der Waals surface area contributed by atoms with Crippen LogP contribution in [0, 0.1) is 0 Å². The van der Waals surface area contributed by atoms with Crippen molar-refractivity contribution < 1.29 is 14.6 Å². The first-order chi connectivity index (χ1) is 15.2. The van der Waals surface area contributed by atoms with Crippen molar-refractivity contribution in [3.8, 4) is 5.69 Å². The second kappa shape index (κ2) is 8.45. The van der Waals surface area contributed by atoms with Gasteiger partial charge in [0.15, 0.2) is 0 Å². The van der Waals surface area contributed by atoms with E-state index >= 15 is 0 Å². The van der Waals surface area contributed by atoms with E-state index in [2.05, 4.69) is 22.0 Å². The molecule has 4 rings (SSSR count). The van der Waals surface area contributed by atoms with E-state index in [9.17, 15) is 9.90 Å². The summed E-state index contributed by atoms with van der Waals surface area (Å²) in [6.07, 6.45) is 6.08. The number of hydrogen-bond donors (Lipinski definition) is 1. The largest absolute Gasteiger partial charge is 0.492 e. The molecule has 1 N–H and O–H groups in total. The lowest BCUT2D eigenvalue weighted by Gasteiger charge is -2.12. The van der Waals surface area contributed by atoms with Crippen LogP contribution >= 0.6 is 0 Å². The van der Waals surface area contributed by atoms with E-state index in [-0.39, 0.29) is 23.5 Å². The van der Waals surface area contributed by atoms with E-state index in [0.717, 1.165) is 28.9 Å². The molecule has 1 aliphatic carbocycles. The zero-order valence-corrected chi connectivity index (χ0v) is 18.7. The predicted octanol–water partition coefficient (Wildman–Crippen LogP) is 4.31. The molecular weight excluding hydrogens is 406 g/mol. The molecule has 0 spiro atoms. The topological polar surface area (TPSA) is 95.1 Å². The number of ether oxygens (including phenoxy) is 1. The third kappa shape index (κ3) is 4.34. The van der Waals surface area contributed by atoms with Crippen LogP contribution in [0.5, 0.6) is 0 Å². The van der Waals surface area contributed by atoms with E-state index in [1.165, 1.54) is 6.20 Å². The van der Waals surface area contributed by atoms with Gasteiger partial charge in [-0.1, -0.05) is 23.9 Å². The average molecular weight is 434 g/mol. The molecule has 1 saturated carbocycles. The molecular formula is C24H27N5O3. The molecule has 0 aliphatic heterocycles. The summed E-state index contributed by atoms with van der Waals surface area (Å²) in [6, 6.07) is 7.86. The van der Waals surface area contributed by atoms with Gasteiger partial charge in [0.2, 0.25) is 0 Å². The Morgan fingerprint density at radius 3 is 2.78 bits per heavy atom. The number of benzene rings is 1. The van der Waals surface area contributed by atoms with Gasteiger partial charge in [-0.25, -0.2) is 9.48 Å². The summed E-state index contributed by atoms with van der Waals surface area (Å²) < 4.78 is 9.03. The van der Waals surface area contributed by atoms with Gasteiger partial charge in [-0.3, -0.25) is 4.68 Å². The van der Waals surface area contributed by atoms with Crippen LogP contribution in [0.1, 0.15) is 66.3 Å². The Morgan fingerprint density at radius 2 is 2.12 bits per heavy atom. The first-order valence-electron chi connectivity index (χ1n) is 10.6. The van der Waals surface area contributed by atoms with Gasteiger partial charge in [0, 0.05) is 25.1 Å². The number of allylic oxidation sites excluding steroid dienone is 2. The van der Waals surface area contributed by atoms with Gasteiger partial charge < -0.3 is 9.84 Å². The molecule has 1 aromatic carbocycles. The first-order valence-corrected chi connectivity index (χ1v) is 10.6. The SMILES string of the molecule is C=C(/C=C(\C)c1cccc(-n2ncc(C(=O)O)c2C2CC2c2cn(C)nn2)c1)OC(C)C. The Bertz CT molecular complexity index is 1200. The van der Waals surface area contributed by atoms with Gasteiger partial charge >= 0.3 is 5.97 Å². The van der Waals surface area contributed by atoms with E-state index in [0.29, 0.717) is 11.5 Å². The minimum atomic E-state index is -0.981. The van der Waals surface area contributed by atoms with Crippen molar-refractivity contribution in [3.05, 3.63) is 77.6 Å². The summed E-state index contributed by atoms with van der Waals surface area (Å²) in [4.78, 5) is 11.9. The highest BCUT2D eigenvalue weighted by Crippen LogP contribution is 2.55. The van der Waals surface area contributed by atoms with Gasteiger partial charge in [-0.2, -0.15) is 5.10 Å². The zero-order valence-electron chi connectivity index (χ0n) is 18.7. The number of nitrogens with zero attached hydrogens (tertiary/aromatic N) is 5. The quantitative estimate of drug-likeness (QED) is 0.420. The molecule has 8 heteroatoms. The van der Waals surface area contributed by atoms with Gasteiger partial charge in [-0.05, 0) is 56.5 Å². The van der Waals surface area contributed by atoms with Crippen LogP contribution < -0.4 is 0 Å². The predicted molar refractivity (Wildman–Crippen MR) is 121 cm³/mol. The van der Waals surface area contributed by atoms with E-state index in [1.54, 1.807) is 9.36 Å². The number of aryl methyl sites for hydroxylation is 1. The maximum absolute atomic E-state index is 11.9. The summed E-state index contributed by atoms with van der Waals surface area (Å²) in [5.41, 5.74) is 4.57. The first kappa shape index (κ1) is 21.5. The molecule has 0 saturated heterocycles. The molecule has 0 radical (unpaired) electrons. The molecule has 2 atom stereocenters. The van der Waals surface area contributed by atoms with Crippen molar-refractivity contribution in [3.63, 3.8) is 0 Å². The minimum absolute atomic E-state index is 0.0276. The number of hydrogen-bond acceptors (Lipinski definition) is 5. The maximum atomic E-state index is 11.9. The molecule has 1 aliphatic rings. The van der Waals surface area contributed by atoms with Gasteiger partial charge in [0.05, 0.1) is 29.4 Å². The summed E-state index contributed by atoms with van der Waals surface area (Å²) in [5, 5.41) is 22.4. The fourth-order valence-electron chi connectivity index (χ4n) is 3.99. The molecule has 0 amide bonds. The molecule has 8 nitrogen and oxygen atoms in total. The lowest BCUT2D eigenvalue weighted by atomic mass is 10.1. The number of carboxylic acid groups (broad SMARTS) is 1. The molecule has 166 valence electrons. The van der Waals surface area contributed by atoms with Crippen molar-refractivity contribution in [1.29, 1.82) is 0 Å². The van der Waals surface area contributed by atoms with Gasteiger partial charge in [0.1, 0.15) is 11.3 Å². The van der Waals surface area contributed by atoms with Crippen molar-refractivity contribution in [2.24, 2.45) is 7.05 Å². The zero-order chi connectivity index (χ0) is 23.0. The third-order valence-corrected chi connectivity index (χ3v) is 5.49. The smallest absolute Gasteiger partial charge is 0.339 e. The van der Waals surface area contributed by atoms with Crippen LogP contribution in [-0.2, 0) is 11.8 Å². The Kier molecular flexibility index (Phi) is 5.69. The fourth-order valence-corrected chi connectivity index (χ4v) is 3.99. The van der Waals surface area contributed by atoms with Crippen LogP contribution in [0.2, 0.25) is 0 Å². The molecule has 1 fully saturated rings. The van der Waals surface area contributed by atoms with E-state index < -0.39 is 5.97 Å². The van der Waals surface area contributed by atoms with Gasteiger partial charge in [0.25, 0.3) is 0 Å². The maximum Gasteiger partial charge on any atom is 0.339 e. The molecule has 2 aromatic heterocycles. The Labute approximate surface area is 186 Å². The van der Waals surface area contributed by atoms with Crippen LogP contribution in [0.4, 0.5) is 0 Å². The normalized spacial score (nSPS) is 18.1. The van der Waals surface area contributed by atoms with Crippen LogP contribution in [0.3, 0.4) is 0 Å². The summed E-state index contributed by atoms with van der Waals surface area (Å²) in [6.45, 7) is 9.86. The number of rotatable bonds is 8. The minimum Gasteiger partial charge on any atom is -0.492 e. The number of aromatic nitrogens is 5. The lowest BCUT2D eigenvalue weighted by Crippen LogP contribution is -2.07. The van der Waals surface area contributed by atoms with Crippen molar-refractivity contribution in [2.45, 2.75) is 45.1 Å². The summed E-state index contributed by atoms with van der Waals surface area (Å²) in [5.74, 6) is -0.218. The lowest BCUT2D eigenvalue weighted by molar-refractivity contribution is 0.0695. The standard InChI is InChI=1S/C24H27N5O3/c1-14(2)32-16(4)9-15(3)17-7-6-8-18(10-17)29-23(21(12-25-29)24(30)31)20-11-19(20)22-13-28(5)27-26-22/h6-10,12-14,19-20H,4,11H2,1-3,5H3,(H,30,31)/b15-9+. The fraction of sp³-hybridized carbons (Fsp3) is 0.333. The van der Waals surface area contributed by atoms with Crippen LogP contribution in [-0.4, -0.2) is 42.0 Å². The molecule has 2 heterocycles. The van der Waals surface area contributed by atoms with Crippen LogP contribution in [0.15, 0.2) is 55.1 Å². The Balaban J connectivity index is 1.68.